The van der Waals surface area contributed by atoms with Crippen molar-refractivity contribution in [2.24, 2.45) is 0 Å². The van der Waals surface area contributed by atoms with Crippen molar-refractivity contribution in [3.63, 3.8) is 0 Å². The van der Waals surface area contributed by atoms with Crippen LogP contribution >= 0.6 is 11.6 Å². The number of H-pyrrole nitrogens is 1. The van der Waals surface area contributed by atoms with E-state index in [2.05, 4.69) is 40.3 Å². The lowest BCUT2D eigenvalue weighted by atomic mass is 9.93. The Morgan fingerprint density at radius 2 is 1.95 bits per heavy atom. The molecule has 5 rings (SSSR count). The highest BCUT2D eigenvalue weighted by Crippen LogP contribution is 2.36. The van der Waals surface area contributed by atoms with Gasteiger partial charge < -0.3 is 34.9 Å². The molecule has 1 aromatic carbocycles. The molecule has 5 N–H and O–H groups in total. The number of alkyl halides is 3. The van der Waals surface area contributed by atoms with E-state index >= 15 is 0 Å². The second-order valence-corrected chi connectivity index (χ2v) is 9.55. The summed E-state index contributed by atoms with van der Waals surface area (Å²) >= 11 is 5.92. The standard InChI is InChI=1S/C23H23ClF3N9O7/c1-2-40-20(39)22(19-32-34-35-33-19,7-10-3-5-11(6-4-10)43-23(25,26)27)41-8-12-14(37)15(38)18(42-12)36-9-29-13-16(28)30-21(24)31-17(13)36/h3-6,9,12,14-15,18,37-38H,2,7-8H2,1H3,(H2,28,30,31)(H,32,33,34,35)/t12-,14-,15-,18-,22?/m1/s1. The number of halogens is 4. The van der Waals surface area contributed by atoms with Gasteiger partial charge in [0.15, 0.2) is 17.7 Å². The second kappa shape index (κ2) is 11.8. The number of carbonyl (C=O) groups is 1. The van der Waals surface area contributed by atoms with Crippen LogP contribution in [0.1, 0.15) is 24.5 Å². The fraction of sp³-hybridized carbons (Fsp3) is 0.435. The van der Waals surface area contributed by atoms with Crippen LogP contribution in [0, 0.1) is 0 Å². The highest BCUT2D eigenvalue weighted by Gasteiger charge is 2.51. The fourth-order valence-electron chi connectivity index (χ4n) is 4.51. The van der Waals surface area contributed by atoms with E-state index in [4.69, 9.17) is 31.5 Å². The van der Waals surface area contributed by atoms with Crippen molar-refractivity contribution >= 4 is 34.6 Å². The van der Waals surface area contributed by atoms with Crippen LogP contribution in [-0.2, 0) is 31.0 Å². The number of rotatable bonds is 10. The van der Waals surface area contributed by atoms with Crippen molar-refractivity contribution in [3.05, 3.63) is 47.3 Å². The molecule has 1 aliphatic heterocycles. The maximum Gasteiger partial charge on any atom is 0.573 e. The third-order valence-corrected chi connectivity index (χ3v) is 6.62. The Morgan fingerprint density at radius 1 is 1.21 bits per heavy atom. The molecule has 1 aliphatic rings. The molecule has 0 radical (unpaired) electrons. The molecule has 16 nitrogen and oxygen atoms in total. The van der Waals surface area contributed by atoms with Gasteiger partial charge in [0.2, 0.25) is 16.7 Å². The van der Waals surface area contributed by atoms with Gasteiger partial charge in [-0.2, -0.15) is 15.2 Å². The second-order valence-electron chi connectivity index (χ2n) is 9.21. The van der Waals surface area contributed by atoms with Crippen LogP contribution < -0.4 is 10.5 Å². The van der Waals surface area contributed by atoms with Gasteiger partial charge in [0.1, 0.15) is 29.6 Å². The Bertz CT molecular complexity index is 1580. The van der Waals surface area contributed by atoms with Gasteiger partial charge >= 0.3 is 12.3 Å². The van der Waals surface area contributed by atoms with Gasteiger partial charge in [0, 0.05) is 6.42 Å². The van der Waals surface area contributed by atoms with Crippen LogP contribution in [0.3, 0.4) is 0 Å². The number of tetrazole rings is 1. The Hall–Kier alpha value is -4.17. The number of esters is 1. The van der Waals surface area contributed by atoms with Gasteiger partial charge in [-0.25, -0.2) is 9.78 Å². The first-order valence-corrected chi connectivity index (χ1v) is 12.9. The van der Waals surface area contributed by atoms with E-state index in [0.717, 1.165) is 12.1 Å². The molecule has 1 fully saturated rings. The van der Waals surface area contributed by atoms with Crippen LogP contribution in [0.4, 0.5) is 19.0 Å². The van der Waals surface area contributed by atoms with Crippen LogP contribution in [0.15, 0.2) is 30.6 Å². The number of hydrogen-bond acceptors (Lipinski definition) is 14. The van der Waals surface area contributed by atoms with Gasteiger partial charge in [-0.1, -0.05) is 17.3 Å². The minimum atomic E-state index is -4.90. The van der Waals surface area contributed by atoms with Crippen molar-refractivity contribution in [2.75, 3.05) is 18.9 Å². The molecule has 0 spiro atoms. The molecular formula is C23H23ClF3N9O7. The number of anilines is 1. The largest absolute Gasteiger partial charge is 0.573 e. The Kier molecular flexibility index (Phi) is 8.34. The molecule has 5 atom stereocenters. The van der Waals surface area contributed by atoms with E-state index in [9.17, 15) is 28.2 Å². The minimum Gasteiger partial charge on any atom is -0.463 e. The molecule has 20 heteroatoms. The van der Waals surface area contributed by atoms with E-state index in [-0.39, 0.29) is 41.1 Å². The normalized spacial score (nSPS) is 22.0. The predicted molar refractivity (Wildman–Crippen MR) is 136 cm³/mol. The van der Waals surface area contributed by atoms with Crippen molar-refractivity contribution in [1.29, 1.82) is 0 Å². The van der Waals surface area contributed by atoms with Crippen LogP contribution in [0.5, 0.6) is 5.75 Å². The molecule has 4 aromatic rings. The van der Waals surface area contributed by atoms with E-state index in [1.807, 2.05) is 0 Å². The zero-order valence-corrected chi connectivity index (χ0v) is 22.7. The number of nitrogens with one attached hydrogen (secondary N) is 1. The molecular weight excluding hydrogens is 607 g/mol. The molecule has 230 valence electrons. The van der Waals surface area contributed by atoms with Crippen molar-refractivity contribution in [2.45, 2.75) is 49.8 Å². The molecule has 4 heterocycles. The van der Waals surface area contributed by atoms with Gasteiger partial charge in [-0.3, -0.25) is 4.57 Å². The van der Waals surface area contributed by atoms with Crippen molar-refractivity contribution < 1.29 is 47.1 Å². The molecule has 0 amide bonds. The number of nitrogens with two attached hydrogens (primary N) is 1. The van der Waals surface area contributed by atoms with Gasteiger partial charge in [0.25, 0.3) is 0 Å². The average Bonchev–Trinajstić information content (AvgIpc) is 3.68. The first-order chi connectivity index (χ1) is 20.4. The number of aromatic amines is 1. The smallest absolute Gasteiger partial charge is 0.463 e. The van der Waals surface area contributed by atoms with E-state index in [1.54, 1.807) is 6.92 Å². The summed E-state index contributed by atoms with van der Waals surface area (Å²) in [6, 6.07) is 4.67. The third kappa shape index (κ3) is 6.15. The lowest BCUT2D eigenvalue weighted by molar-refractivity contribution is -0.274. The molecule has 0 aliphatic carbocycles. The Balaban J connectivity index is 1.42. The molecule has 3 aromatic heterocycles. The highest BCUT2D eigenvalue weighted by atomic mass is 35.5. The average molecular weight is 630 g/mol. The van der Waals surface area contributed by atoms with Crippen LogP contribution in [0.25, 0.3) is 11.2 Å². The highest BCUT2D eigenvalue weighted by molar-refractivity contribution is 6.28. The Labute approximate surface area is 243 Å². The first-order valence-electron chi connectivity index (χ1n) is 12.5. The summed E-state index contributed by atoms with van der Waals surface area (Å²) in [7, 11) is 0. The van der Waals surface area contributed by atoms with E-state index in [1.165, 1.54) is 23.0 Å². The third-order valence-electron chi connectivity index (χ3n) is 6.45. The molecule has 1 saturated heterocycles. The predicted octanol–water partition coefficient (Wildman–Crippen LogP) is 0.811. The fourth-order valence-corrected chi connectivity index (χ4v) is 4.68. The number of hydrogen-bond donors (Lipinski definition) is 4. The summed E-state index contributed by atoms with van der Waals surface area (Å²) < 4.78 is 60.3. The zero-order chi connectivity index (χ0) is 30.9. The summed E-state index contributed by atoms with van der Waals surface area (Å²) in [6.45, 7) is 0.942. The summed E-state index contributed by atoms with van der Waals surface area (Å²) in [6.07, 6.45) is -9.51. The summed E-state index contributed by atoms with van der Waals surface area (Å²) in [5.41, 5.74) is 4.34. The summed E-state index contributed by atoms with van der Waals surface area (Å²) in [5, 5.41) is 35.0. The monoisotopic (exact) mass is 629 g/mol. The number of aliphatic hydroxyl groups excluding tert-OH is 2. The van der Waals surface area contributed by atoms with E-state index < -0.39 is 54.8 Å². The minimum absolute atomic E-state index is 0.0148. The number of benzene rings is 1. The SMILES string of the molecule is CCOC(=O)C(Cc1ccc(OC(F)(F)F)cc1)(OC[C@H]1O[C@@H](n2cnc3c(N)nc(Cl)nc32)[C@H](O)[C@@H]1O)c1nn[nH]n1. The molecule has 1 unspecified atom stereocenters. The zero-order valence-electron chi connectivity index (χ0n) is 22.0. The number of nitrogen functional groups attached to an aromatic ring is 1. The van der Waals surface area contributed by atoms with Crippen molar-refractivity contribution in [1.82, 2.24) is 40.1 Å². The van der Waals surface area contributed by atoms with Gasteiger partial charge in [-0.05, 0) is 36.2 Å². The van der Waals surface area contributed by atoms with Gasteiger partial charge in [0.05, 0.1) is 19.5 Å². The van der Waals surface area contributed by atoms with E-state index in [0.29, 0.717) is 5.56 Å². The maximum atomic E-state index is 13.4. The number of imidazole rings is 1. The maximum absolute atomic E-state index is 13.4. The van der Waals surface area contributed by atoms with Gasteiger partial charge in [-0.15, -0.1) is 23.4 Å². The van der Waals surface area contributed by atoms with Crippen molar-refractivity contribution in [3.8, 4) is 5.75 Å². The number of aliphatic hydroxyl groups is 2. The number of fused-ring (bicyclic) bond motifs is 1. The molecule has 0 bridgehead atoms. The topological polar surface area (TPSA) is 219 Å². The Morgan fingerprint density at radius 3 is 2.60 bits per heavy atom. The van der Waals surface area contributed by atoms with Crippen LogP contribution in [-0.4, -0.2) is 94.2 Å². The van der Waals surface area contributed by atoms with Crippen LogP contribution in [0.2, 0.25) is 5.28 Å². The first kappa shape index (κ1) is 30.3. The number of ether oxygens (including phenoxy) is 4. The molecule has 0 saturated carbocycles. The molecule has 43 heavy (non-hydrogen) atoms. The quantitative estimate of drug-likeness (QED) is 0.141. The lowest BCUT2D eigenvalue weighted by Crippen LogP contribution is -2.46. The summed E-state index contributed by atoms with van der Waals surface area (Å²) in [5.74, 6) is -1.73. The lowest BCUT2D eigenvalue weighted by Gasteiger charge is -2.30. The number of aromatic nitrogens is 8. The number of carbonyl (C=O) groups excluding carboxylic acids is 1. The summed E-state index contributed by atoms with van der Waals surface area (Å²) in [4.78, 5) is 25.4. The number of nitrogens with zero attached hydrogens (tertiary/aromatic N) is 7.